The van der Waals surface area contributed by atoms with Crippen molar-refractivity contribution in [2.45, 2.75) is 5.41 Å². The zero-order chi connectivity index (χ0) is 17.7. The summed E-state index contributed by atoms with van der Waals surface area (Å²) in [5.74, 6) is 0. The summed E-state index contributed by atoms with van der Waals surface area (Å²) in [7, 11) is 0. The molecule has 0 spiro atoms. The number of benzene rings is 3. The molecule has 26 heavy (non-hydrogen) atoms. The van der Waals surface area contributed by atoms with E-state index in [-0.39, 0.29) is 5.41 Å². The first-order chi connectivity index (χ1) is 12.9. The molecule has 0 saturated heterocycles. The maximum atomic E-state index is 3.31. The van der Waals surface area contributed by atoms with Gasteiger partial charge in [0.15, 0.2) is 0 Å². The Morgan fingerprint density at radius 3 is 1.46 bits per heavy atom. The molecule has 0 radical (unpaired) electrons. The Labute approximate surface area is 155 Å². The van der Waals surface area contributed by atoms with Gasteiger partial charge in [-0.2, -0.15) is 0 Å². The number of hydrogen-bond acceptors (Lipinski definition) is 0. The van der Waals surface area contributed by atoms with Crippen LogP contribution in [0.25, 0.3) is 0 Å². The topological polar surface area (TPSA) is 0 Å². The van der Waals surface area contributed by atoms with Gasteiger partial charge < -0.3 is 0 Å². The highest BCUT2D eigenvalue weighted by Crippen LogP contribution is 2.45. The van der Waals surface area contributed by atoms with Crippen LogP contribution >= 0.6 is 0 Å². The molecule has 3 aromatic rings. The van der Waals surface area contributed by atoms with Crippen LogP contribution in [0.15, 0.2) is 133 Å². The van der Waals surface area contributed by atoms with Crippen molar-refractivity contribution in [2.24, 2.45) is 0 Å². The van der Waals surface area contributed by atoms with Gasteiger partial charge in [0.05, 0.1) is 5.41 Å². The molecule has 0 heterocycles. The second kappa shape index (κ2) is 7.27. The monoisotopic (exact) mass is 332 g/mol. The number of allylic oxidation sites excluding steroid dienone is 5. The molecule has 0 N–H and O–H groups in total. The summed E-state index contributed by atoms with van der Waals surface area (Å²) in [6.07, 6.45) is 10.4. The van der Waals surface area contributed by atoms with E-state index in [0.717, 1.165) is 0 Å². The van der Waals surface area contributed by atoms with Gasteiger partial charge >= 0.3 is 0 Å². The minimum atomic E-state index is -0.390. The first kappa shape index (κ1) is 16.1. The van der Waals surface area contributed by atoms with Gasteiger partial charge in [0.2, 0.25) is 0 Å². The molecule has 1 aliphatic rings. The van der Waals surface area contributed by atoms with E-state index in [1.807, 2.05) is 12.2 Å². The molecule has 0 heteroatoms. The lowest BCUT2D eigenvalue weighted by Crippen LogP contribution is -2.31. The molecular formula is C26H20. The van der Waals surface area contributed by atoms with E-state index in [0.29, 0.717) is 0 Å². The number of rotatable bonds is 4. The molecule has 0 bridgehead atoms. The van der Waals surface area contributed by atoms with E-state index in [2.05, 4.69) is 115 Å². The highest BCUT2D eigenvalue weighted by molar-refractivity contribution is 5.62. The normalized spacial score (nSPS) is 13.3. The highest BCUT2D eigenvalue weighted by Gasteiger charge is 2.38. The van der Waals surface area contributed by atoms with Crippen LogP contribution in [0.3, 0.4) is 0 Å². The quantitative estimate of drug-likeness (QED) is 0.392. The third-order valence-electron chi connectivity index (χ3n) is 4.87. The Kier molecular flexibility index (Phi) is 4.51. The van der Waals surface area contributed by atoms with Crippen molar-refractivity contribution in [1.82, 2.24) is 0 Å². The van der Waals surface area contributed by atoms with Crippen molar-refractivity contribution >= 4 is 0 Å². The van der Waals surface area contributed by atoms with Gasteiger partial charge in [-0.25, -0.2) is 0 Å². The third-order valence-corrected chi connectivity index (χ3v) is 4.87. The Balaban J connectivity index is 2.13. The molecule has 3 aromatic carbocycles. The Hall–Kier alpha value is -3.34. The standard InChI is InChI=1S/C26H20/c1-2-7-15-22(14-6-1)26(23-16-8-3-9-17-23,24-18-10-4-11-19-24)25-20-12-5-13-21-25/h1-6,8-21H. The van der Waals surface area contributed by atoms with Crippen LogP contribution in [-0.2, 0) is 5.41 Å². The molecule has 0 saturated carbocycles. The van der Waals surface area contributed by atoms with E-state index < -0.39 is 0 Å². The Morgan fingerprint density at radius 1 is 0.538 bits per heavy atom. The summed E-state index contributed by atoms with van der Waals surface area (Å²) < 4.78 is 0. The summed E-state index contributed by atoms with van der Waals surface area (Å²) >= 11 is 0. The summed E-state index contributed by atoms with van der Waals surface area (Å²) in [5, 5.41) is 0. The molecule has 0 amide bonds. The second-order valence-electron chi connectivity index (χ2n) is 6.33. The molecule has 0 aromatic heterocycles. The minimum Gasteiger partial charge on any atom is -0.120 e. The lowest BCUT2D eigenvalue weighted by molar-refractivity contribution is 0.744. The van der Waals surface area contributed by atoms with Crippen LogP contribution in [0.5, 0.6) is 0 Å². The van der Waals surface area contributed by atoms with Crippen LogP contribution in [0.2, 0.25) is 0 Å². The largest absolute Gasteiger partial charge is 0.120 e. The molecule has 0 aliphatic heterocycles. The highest BCUT2D eigenvalue weighted by atomic mass is 14.4. The van der Waals surface area contributed by atoms with E-state index in [1.165, 1.54) is 22.3 Å². The molecule has 0 atom stereocenters. The average Bonchev–Trinajstić information content (AvgIpc) is 3.01. The maximum Gasteiger partial charge on any atom is 0.0707 e. The van der Waals surface area contributed by atoms with Crippen LogP contribution in [0.1, 0.15) is 16.7 Å². The molecule has 124 valence electrons. The van der Waals surface area contributed by atoms with E-state index in [1.54, 1.807) is 0 Å². The SMILES string of the molecule is C1=CC=CC=C(C(c2ccccc2)(c2ccccc2)c2ccccc2)C=1. The zero-order valence-electron chi connectivity index (χ0n) is 14.5. The molecule has 0 nitrogen and oxygen atoms in total. The zero-order valence-corrected chi connectivity index (χ0v) is 14.5. The van der Waals surface area contributed by atoms with Crippen LogP contribution in [-0.4, -0.2) is 0 Å². The molecular weight excluding hydrogens is 312 g/mol. The van der Waals surface area contributed by atoms with Crippen molar-refractivity contribution in [2.75, 3.05) is 0 Å². The van der Waals surface area contributed by atoms with Gasteiger partial charge in [-0.15, -0.1) is 5.73 Å². The van der Waals surface area contributed by atoms with E-state index >= 15 is 0 Å². The van der Waals surface area contributed by atoms with Crippen molar-refractivity contribution < 1.29 is 0 Å². The number of hydrogen-bond donors (Lipinski definition) is 0. The fraction of sp³-hybridized carbons (Fsp3) is 0.0385. The molecule has 4 rings (SSSR count). The van der Waals surface area contributed by atoms with Gasteiger partial charge in [-0.3, -0.25) is 0 Å². The van der Waals surface area contributed by atoms with Crippen molar-refractivity contribution in [3.05, 3.63) is 149 Å². The molecule has 0 unspecified atom stereocenters. The van der Waals surface area contributed by atoms with Crippen LogP contribution in [0, 0.1) is 0 Å². The smallest absolute Gasteiger partial charge is 0.0707 e. The summed E-state index contributed by atoms with van der Waals surface area (Å²) in [6.45, 7) is 0. The average molecular weight is 332 g/mol. The third kappa shape index (κ3) is 2.77. The van der Waals surface area contributed by atoms with Gasteiger partial charge in [-0.1, -0.05) is 109 Å². The van der Waals surface area contributed by atoms with Gasteiger partial charge in [0.1, 0.15) is 0 Å². The van der Waals surface area contributed by atoms with Crippen molar-refractivity contribution in [3.8, 4) is 0 Å². The summed E-state index contributed by atoms with van der Waals surface area (Å²) in [6, 6.07) is 32.2. The van der Waals surface area contributed by atoms with Gasteiger partial charge in [0, 0.05) is 0 Å². The van der Waals surface area contributed by atoms with Gasteiger partial charge in [-0.05, 0) is 34.4 Å². The summed E-state index contributed by atoms with van der Waals surface area (Å²) in [4.78, 5) is 0. The fourth-order valence-corrected chi connectivity index (χ4v) is 3.75. The summed E-state index contributed by atoms with van der Waals surface area (Å²) in [5.41, 5.74) is 7.86. The van der Waals surface area contributed by atoms with E-state index in [4.69, 9.17) is 0 Å². The first-order valence-electron chi connectivity index (χ1n) is 8.89. The molecule has 0 fully saturated rings. The molecule has 1 aliphatic carbocycles. The predicted octanol–water partition coefficient (Wildman–Crippen LogP) is 6.23. The van der Waals surface area contributed by atoms with Crippen molar-refractivity contribution in [3.63, 3.8) is 0 Å². The van der Waals surface area contributed by atoms with Crippen molar-refractivity contribution in [1.29, 1.82) is 0 Å². The lowest BCUT2D eigenvalue weighted by atomic mass is 9.64. The fourth-order valence-electron chi connectivity index (χ4n) is 3.75. The lowest BCUT2D eigenvalue weighted by Gasteiger charge is -2.37. The van der Waals surface area contributed by atoms with Crippen LogP contribution in [0.4, 0.5) is 0 Å². The second-order valence-corrected chi connectivity index (χ2v) is 6.33. The van der Waals surface area contributed by atoms with Gasteiger partial charge in [0.25, 0.3) is 0 Å². The predicted molar refractivity (Wildman–Crippen MR) is 109 cm³/mol. The minimum absolute atomic E-state index is 0.390. The van der Waals surface area contributed by atoms with Crippen LogP contribution < -0.4 is 0 Å². The first-order valence-corrected chi connectivity index (χ1v) is 8.89. The Morgan fingerprint density at radius 2 is 1.00 bits per heavy atom. The Bertz CT molecular complexity index is 887. The van der Waals surface area contributed by atoms with E-state index in [9.17, 15) is 0 Å². The maximum absolute atomic E-state index is 3.31.